The molecule has 1 amide bonds. The standard InChI is InChI=1S/C10H15ClN4O2/c1-4-14(2)8(16)6-12-7-5-13-15(3)10(17)9(7)11/h5,12H,4,6H2,1-3H3. The van der Waals surface area contributed by atoms with Crippen LogP contribution < -0.4 is 10.9 Å². The van der Waals surface area contributed by atoms with Gasteiger partial charge in [0.2, 0.25) is 5.91 Å². The van der Waals surface area contributed by atoms with E-state index in [1.807, 2.05) is 6.92 Å². The van der Waals surface area contributed by atoms with Crippen molar-refractivity contribution in [2.24, 2.45) is 7.05 Å². The predicted octanol–water partition coefficient (Wildman–Crippen LogP) is 0.324. The van der Waals surface area contributed by atoms with E-state index in [9.17, 15) is 9.59 Å². The van der Waals surface area contributed by atoms with Gasteiger partial charge in [-0.1, -0.05) is 11.6 Å². The molecule has 7 heteroatoms. The third-order valence-corrected chi connectivity index (χ3v) is 2.77. The van der Waals surface area contributed by atoms with Crippen molar-refractivity contribution in [1.82, 2.24) is 14.7 Å². The quantitative estimate of drug-likeness (QED) is 0.845. The maximum Gasteiger partial charge on any atom is 0.287 e. The number of nitrogens with zero attached hydrogens (tertiary/aromatic N) is 3. The van der Waals surface area contributed by atoms with Crippen LogP contribution in [0.5, 0.6) is 0 Å². The first kappa shape index (κ1) is 13.5. The van der Waals surface area contributed by atoms with Crippen LogP contribution in [0.15, 0.2) is 11.0 Å². The molecule has 1 aromatic heterocycles. The molecule has 0 bridgehead atoms. The van der Waals surface area contributed by atoms with Crippen LogP contribution in [0.2, 0.25) is 5.02 Å². The Morgan fingerprint density at radius 3 is 2.88 bits per heavy atom. The molecule has 0 saturated heterocycles. The highest BCUT2D eigenvalue weighted by Crippen LogP contribution is 2.14. The molecule has 0 spiro atoms. The van der Waals surface area contributed by atoms with E-state index in [2.05, 4.69) is 10.4 Å². The molecule has 0 aliphatic carbocycles. The molecular formula is C10H15ClN4O2. The van der Waals surface area contributed by atoms with Gasteiger partial charge in [-0.05, 0) is 6.92 Å². The summed E-state index contributed by atoms with van der Waals surface area (Å²) in [7, 11) is 3.21. The fourth-order valence-electron chi connectivity index (χ4n) is 1.12. The summed E-state index contributed by atoms with van der Waals surface area (Å²) in [4.78, 5) is 24.5. The van der Waals surface area contributed by atoms with Crippen LogP contribution in [-0.2, 0) is 11.8 Å². The summed E-state index contributed by atoms with van der Waals surface area (Å²) in [5.74, 6) is -0.0794. The third kappa shape index (κ3) is 3.20. The molecule has 1 heterocycles. The summed E-state index contributed by atoms with van der Waals surface area (Å²) in [6, 6.07) is 0. The van der Waals surface area contributed by atoms with Gasteiger partial charge in [0.1, 0.15) is 5.02 Å². The van der Waals surface area contributed by atoms with Gasteiger partial charge in [0.25, 0.3) is 5.56 Å². The van der Waals surface area contributed by atoms with Gasteiger partial charge in [-0.2, -0.15) is 5.10 Å². The summed E-state index contributed by atoms with van der Waals surface area (Å²) in [6.07, 6.45) is 1.42. The summed E-state index contributed by atoms with van der Waals surface area (Å²) in [5.41, 5.74) is -0.0272. The predicted molar refractivity (Wildman–Crippen MR) is 66.3 cm³/mol. The number of rotatable bonds is 4. The minimum Gasteiger partial charge on any atom is -0.373 e. The Hall–Kier alpha value is -1.56. The summed E-state index contributed by atoms with van der Waals surface area (Å²) in [5, 5.41) is 6.65. The lowest BCUT2D eigenvalue weighted by Gasteiger charge is -2.15. The number of likely N-dealkylation sites (N-methyl/N-ethyl adjacent to an activating group) is 1. The first-order valence-electron chi connectivity index (χ1n) is 5.17. The lowest BCUT2D eigenvalue weighted by molar-refractivity contribution is -0.127. The van der Waals surface area contributed by atoms with Crippen molar-refractivity contribution in [1.29, 1.82) is 0 Å². The van der Waals surface area contributed by atoms with Crippen LogP contribution in [0.25, 0.3) is 0 Å². The van der Waals surface area contributed by atoms with Crippen LogP contribution in [0.1, 0.15) is 6.92 Å². The van der Waals surface area contributed by atoms with Crippen molar-refractivity contribution in [3.8, 4) is 0 Å². The normalized spacial score (nSPS) is 10.1. The minimum atomic E-state index is -0.395. The van der Waals surface area contributed by atoms with Gasteiger partial charge in [-0.15, -0.1) is 0 Å². The monoisotopic (exact) mass is 258 g/mol. The van der Waals surface area contributed by atoms with Crippen LogP contribution in [-0.4, -0.2) is 40.7 Å². The summed E-state index contributed by atoms with van der Waals surface area (Å²) >= 11 is 5.83. The molecule has 0 saturated carbocycles. The number of aryl methyl sites for hydroxylation is 1. The highest BCUT2D eigenvalue weighted by Gasteiger charge is 2.10. The fourth-order valence-corrected chi connectivity index (χ4v) is 1.35. The zero-order valence-electron chi connectivity index (χ0n) is 10.0. The Bertz CT molecular complexity index is 472. The largest absolute Gasteiger partial charge is 0.373 e. The second-order valence-corrected chi connectivity index (χ2v) is 3.94. The van der Waals surface area contributed by atoms with Crippen LogP contribution in [0.3, 0.4) is 0 Å². The van der Waals surface area contributed by atoms with Gasteiger partial charge >= 0.3 is 0 Å². The van der Waals surface area contributed by atoms with Gasteiger partial charge < -0.3 is 10.2 Å². The topological polar surface area (TPSA) is 67.2 Å². The zero-order chi connectivity index (χ0) is 13.0. The van der Waals surface area contributed by atoms with E-state index in [4.69, 9.17) is 11.6 Å². The Morgan fingerprint density at radius 1 is 1.65 bits per heavy atom. The maximum absolute atomic E-state index is 11.5. The van der Waals surface area contributed by atoms with E-state index in [1.165, 1.54) is 13.2 Å². The van der Waals surface area contributed by atoms with Gasteiger partial charge in [0.05, 0.1) is 18.4 Å². The summed E-state index contributed by atoms with van der Waals surface area (Å²) < 4.78 is 1.13. The highest BCUT2D eigenvalue weighted by atomic mass is 35.5. The number of carbonyl (C=O) groups excluding carboxylic acids is 1. The van der Waals surface area contributed by atoms with Crippen molar-refractivity contribution >= 4 is 23.2 Å². The van der Waals surface area contributed by atoms with E-state index >= 15 is 0 Å². The Morgan fingerprint density at radius 2 is 2.29 bits per heavy atom. The van der Waals surface area contributed by atoms with Gasteiger partial charge in [-0.25, -0.2) is 4.68 Å². The second kappa shape index (κ2) is 5.67. The van der Waals surface area contributed by atoms with Crippen LogP contribution in [0, 0.1) is 0 Å². The molecule has 17 heavy (non-hydrogen) atoms. The van der Waals surface area contributed by atoms with E-state index in [-0.39, 0.29) is 17.5 Å². The zero-order valence-corrected chi connectivity index (χ0v) is 10.8. The number of amides is 1. The number of anilines is 1. The molecule has 0 aliphatic rings. The van der Waals surface area contributed by atoms with Crippen molar-refractivity contribution in [3.63, 3.8) is 0 Å². The third-order valence-electron chi connectivity index (χ3n) is 2.41. The molecular weight excluding hydrogens is 244 g/mol. The molecule has 94 valence electrons. The van der Waals surface area contributed by atoms with Crippen molar-refractivity contribution in [2.45, 2.75) is 6.92 Å². The van der Waals surface area contributed by atoms with Crippen molar-refractivity contribution in [3.05, 3.63) is 21.6 Å². The summed E-state index contributed by atoms with van der Waals surface area (Å²) in [6.45, 7) is 2.59. The molecule has 0 fully saturated rings. The minimum absolute atomic E-state index is 0.0365. The van der Waals surface area contributed by atoms with Gasteiger partial charge in [-0.3, -0.25) is 9.59 Å². The maximum atomic E-state index is 11.5. The number of carbonyl (C=O) groups is 1. The fraction of sp³-hybridized carbons (Fsp3) is 0.500. The van der Waals surface area contributed by atoms with E-state index in [1.54, 1.807) is 11.9 Å². The van der Waals surface area contributed by atoms with Crippen molar-refractivity contribution < 1.29 is 4.79 Å². The number of hydrogen-bond acceptors (Lipinski definition) is 4. The Kier molecular flexibility index (Phi) is 4.51. The first-order valence-corrected chi connectivity index (χ1v) is 5.54. The molecule has 0 radical (unpaired) electrons. The Balaban J connectivity index is 2.74. The molecule has 0 atom stereocenters. The van der Waals surface area contributed by atoms with Crippen LogP contribution >= 0.6 is 11.6 Å². The molecule has 0 aromatic carbocycles. The average Bonchev–Trinajstić information content (AvgIpc) is 2.33. The molecule has 6 nitrogen and oxygen atoms in total. The lowest BCUT2D eigenvalue weighted by Crippen LogP contribution is -2.32. The number of nitrogens with one attached hydrogen (secondary N) is 1. The van der Waals surface area contributed by atoms with Gasteiger partial charge in [0, 0.05) is 20.6 Å². The van der Waals surface area contributed by atoms with Gasteiger partial charge in [0.15, 0.2) is 0 Å². The second-order valence-electron chi connectivity index (χ2n) is 3.56. The molecule has 0 aliphatic heterocycles. The van der Waals surface area contributed by atoms with E-state index in [0.717, 1.165) is 4.68 Å². The number of aromatic nitrogens is 2. The number of halogens is 1. The Labute approximate surface area is 104 Å². The molecule has 1 aromatic rings. The van der Waals surface area contributed by atoms with E-state index < -0.39 is 5.56 Å². The molecule has 1 rings (SSSR count). The molecule has 1 N–H and O–H groups in total. The first-order chi connectivity index (χ1) is 7.97. The smallest absolute Gasteiger partial charge is 0.287 e. The number of hydrogen-bond donors (Lipinski definition) is 1. The average molecular weight is 259 g/mol. The SMILES string of the molecule is CCN(C)C(=O)CNc1cnn(C)c(=O)c1Cl. The lowest BCUT2D eigenvalue weighted by atomic mass is 10.4. The highest BCUT2D eigenvalue weighted by molar-refractivity contribution is 6.33. The van der Waals surface area contributed by atoms with E-state index in [0.29, 0.717) is 12.2 Å². The van der Waals surface area contributed by atoms with Crippen molar-refractivity contribution in [2.75, 3.05) is 25.5 Å². The van der Waals surface area contributed by atoms with Crippen LogP contribution in [0.4, 0.5) is 5.69 Å². The molecule has 0 unspecified atom stereocenters.